The molecule has 1 N–H and O–H groups in total. The Hall–Kier alpha value is -1.03. The SMILES string of the molecule is CCN(Cc1cccs1)c1ccc(Cl)cc1CNC1CC1. The zero-order valence-electron chi connectivity index (χ0n) is 12.3. The quantitative estimate of drug-likeness (QED) is 0.797. The third-order valence-corrected chi connectivity index (χ3v) is 4.95. The van der Waals surface area contributed by atoms with Crippen LogP contribution in [0.4, 0.5) is 5.69 Å². The zero-order chi connectivity index (χ0) is 14.7. The molecule has 4 heteroatoms. The average Bonchev–Trinajstić information content (AvgIpc) is 3.18. The highest BCUT2D eigenvalue weighted by molar-refractivity contribution is 7.09. The molecule has 1 saturated carbocycles. The highest BCUT2D eigenvalue weighted by Crippen LogP contribution is 2.28. The summed E-state index contributed by atoms with van der Waals surface area (Å²) >= 11 is 8.01. The molecule has 0 radical (unpaired) electrons. The first-order chi connectivity index (χ1) is 10.3. The summed E-state index contributed by atoms with van der Waals surface area (Å²) in [6, 6.07) is 11.3. The maximum atomic E-state index is 6.19. The number of anilines is 1. The average molecular weight is 321 g/mol. The van der Waals surface area contributed by atoms with E-state index in [4.69, 9.17) is 11.6 Å². The molecule has 21 heavy (non-hydrogen) atoms. The van der Waals surface area contributed by atoms with Crippen molar-refractivity contribution in [2.45, 2.75) is 38.9 Å². The highest BCUT2D eigenvalue weighted by atomic mass is 35.5. The van der Waals surface area contributed by atoms with E-state index in [1.165, 1.54) is 29.0 Å². The maximum Gasteiger partial charge on any atom is 0.0522 e. The van der Waals surface area contributed by atoms with E-state index in [0.717, 1.165) is 24.7 Å². The van der Waals surface area contributed by atoms with Gasteiger partial charge in [0.05, 0.1) is 6.54 Å². The second-order valence-electron chi connectivity index (χ2n) is 5.52. The van der Waals surface area contributed by atoms with Gasteiger partial charge >= 0.3 is 0 Å². The van der Waals surface area contributed by atoms with Gasteiger partial charge in [0.15, 0.2) is 0 Å². The Morgan fingerprint density at radius 3 is 2.86 bits per heavy atom. The summed E-state index contributed by atoms with van der Waals surface area (Å²) in [4.78, 5) is 3.82. The molecule has 0 saturated heterocycles. The zero-order valence-corrected chi connectivity index (χ0v) is 13.9. The third kappa shape index (κ3) is 4.00. The number of nitrogens with one attached hydrogen (secondary N) is 1. The molecule has 0 unspecified atom stereocenters. The minimum Gasteiger partial charge on any atom is -0.366 e. The van der Waals surface area contributed by atoms with Crippen LogP contribution in [-0.2, 0) is 13.1 Å². The van der Waals surface area contributed by atoms with Gasteiger partial charge in [-0.15, -0.1) is 11.3 Å². The van der Waals surface area contributed by atoms with Crippen LogP contribution in [0.15, 0.2) is 35.7 Å². The van der Waals surface area contributed by atoms with E-state index in [1.807, 2.05) is 17.4 Å². The topological polar surface area (TPSA) is 15.3 Å². The summed E-state index contributed by atoms with van der Waals surface area (Å²) in [5.74, 6) is 0. The van der Waals surface area contributed by atoms with E-state index in [0.29, 0.717) is 6.04 Å². The molecule has 0 bridgehead atoms. The van der Waals surface area contributed by atoms with Crippen LogP contribution in [0.2, 0.25) is 5.02 Å². The number of benzene rings is 1. The van der Waals surface area contributed by atoms with Crippen LogP contribution in [-0.4, -0.2) is 12.6 Å². The Kier molecular flexibility index (Phi) is 4.84. The first-order valence-electron chi connectivity index (χ1n) is 7.55. The summed E-state index contributed by atoms with van der Waals surface area (Å²) in [6.07, 6.45) is 2.62. The summed E-state index contributed by atoms with van der Waals surface area (Å²) in [5.41, 5.74) is 2.59. The van der Waals surface area contributed by atoms with Gasteiger partial charge in [0.25, 0.3) is 0 Å². The summed E-state index contributed by atoms with van der Waals surface area (Å²) in [7, 11) is 0. The Morgan fingerprint density at radius 2 is 2.19 bits per heavy atom. The first kappa shape index (κ1) is 14.9. The molecule has 2 aromatic rings. The molecule has 1 aliphatic rings. The predicted octanol–water partition coefficient (Wildman–Crippen LogP) is 4.68. The molecule has 0 atom stereocenters. The molecule has 1 aliphatic carbocycles. The van der Waals surface area contributed by atoms with Crippen molar-refractivity contribution in [3.63, 3.8) is 0 Å². The monoisotopic (exact) mass is 320 g/mol. The van der Waals surface area contributed by atoms with Crippen LogP contribution in [0.25, 0.3) is 0 Å². The van der Waals surface area contributed by atoms with Crippen LogP contribution in [0, 0.1) is 0 Å². The third-order valence-electron chi connectivity index (χ3n) is 3.85. The molecule has 2 nitrogen and oxygen atoms in total. The highest BCUT2D eigenvalue weighted by Gasteiger charge is 2.21. The lowest BCUT2D eigenvalue weighted by molar-refractivity contribution is 0.683. The lowest BCUT2D eigenvalue weighted by atomic mass is 10.1. The summed E-state index contributed by atoms with van der Waals surface area (Å²) < 4.78 is 0. The molecule has 1 aromatic heterocycles. The normalized spacial score (nSPS) is 14.4. The van der Waals surface area contributed by atoms with Crippen LogP contribution < -0.4 is 10.2 Å². The maximum absolute atomic E-state index is 6.19. The first-order valence-corrected chi connectivity index (χ1v) is 8.81. The molecule has 112 valence electrons. The van der Waals surface area contributed by atoms with E-state index in [1.54, 1.807) is 0 Å². The van der Waals surface area contributed by atoms with Crippen molar-refractivity contribution in [3.05, 3.63) is 51.2 Å². The van der Waals surface area contributed by atoms with Gasteiger partial charge in [-0.25, -0.2) is 0 Å². The summed E-state index contributed by atoms with van der Waals surface area (Å²) in [6.45, 7) is 5.07. The van der Waals surface area contributed by atoms with Crippen molar-refractivity contribution < 1.29 is 0 Å². The van der Waals surface area contributed by atoms with Crippen LogP contribution in [0.1, 0.15) is 30.2 Å². The fourth-order valence-corrected chi connectivity index (χ4v) is 3.42. The standard InChI is InChI=1S/C17H21ClN2S/c1-2-20(12-16-4-3-9-21-16)17-8-5-14(18)10-13(17)11-19-15-6-7-15/h3-5,8-10,15,19H,2,6-7,11-12H2,1H3. The van der Waals surface area contributed by atoms with Crippen LogP contribution in [0.3, 0.4) is 0 Å². The largest absolute Gasteiger partial charge is 0.366 e. The molecule has 0 amide bonds. The minimum atomic E-state index is 0.712. The van der Waals surface area contributed by atoms with Crippen molar-refractivity contribution in [2.24, 2.45) is 0 Å². The molecule has 0 spiro atoms. The fourth-order valence-electron chi connectivity index (χ4n) is 2.50. The Labute approximate surface area is 135 Å². The molecule has 3 rings (SSSR count). The van der Waals surface area contributed by atoms with E-state index in [-0.39, 0.29) is 0 Å². The molecule has 0 aliphatic heterocycles. The van der Waals surface area contributed by atoms with Gasteiger partial charge in [0, 0.05) is 34.7 Å². The molecular weight excluding hydrogens is 300 g/mol. The van der Waals surface area contributed by atoms with Crippen molar-refractivity contribution in [3.8, 4) is 0 Å². The van der Waals surface area contributed by atoms with Gasteiger partial charge < -0.3 is 10.2 Å². The van der Waals surface area contributed by atoms with Crippen LogP contribution >= 0.6 is 22.9 Å². The number of hydrogen-bond acceptors (Lipinski definition) is 3. The Morgan fingerprint density at radius 1 is 1.33 bits per heavy atom. The molecule has 1 aromatic carbocycles. The number of halogens is 1. The fraction of sp³-hybridized carbons (Fsp3) is 0.412. The van der Waals surface area contributed by atoms with Crippen molar-refractivity contribution >= 4 is 28.6 Å². The predicted molar refractivity (Wildman–Crippen MR) is 92.4 cm³/mol. The van der Waals surface area contributed by atoms with E-state index >= 15 is 0 Å². The van der Waals surface area contributed by atoms with Gasteiger partial charge in [-0.2, -0.15) is 0 Å². The second-order valence-corrected chi connectivity index (χ2v) is 6.99. The van der Waals surface area contributed by atoms with Crippen LogP contribution in [0.5, 0.6) is 0 Å². The van der Waals surface area contributed by atoms with Gasteiger partial charge in [0.1, 0.15) is 0 Å². The lowest BCUT2D eigenvalue weighted by Crippen LogP contribution is -2.24. The number of rotatable bonds is 7. The van der Waals surface area contributed by atoms with Crippen molar-refractivity contribution in [1.82, 2.24) is 5.32 Å². The Balaban J connectivity index is 1.79. The van der Waals surface area contributed by atoms with Gasteiger partial charge in [0.2, 0.25) is 0 Å². The molecular formula is C17H21ClN2S. The van der Waals surface area contributed by atoms with Gasteiger partial charge in [-0.05, 0) is 55.0 Å². The Bertz CT molecular complexity index is 578. The smallest absolute Gasteiger partial charge is 0.0522 e. The molecule has 1 fully saturated rings. The van der Waals surface area contributed by atoms with Crippen molar-refractivity contribution in [2.75, 3.05) is 11.4 Å². The van der Waals surface area contributed by atoms with Gasteiger partial charge in [-0.1, -0.05) is 17.7 Å². The molecule has 1 heterocycles. The van der Waals surface area contributed by atoms with E-state index in [2.05, 4.69) is 46.8 Å². The summed E-state index contributed by atoms with van der Waals surface area (Å²) in [5, 5.41) is 6.55. The second kappa shape index (κ2) is 6.82. The lowest BCUT2D eigenvalue weighted by Gasteiger charge is -2.25. The van der Waals surface area contributed by atoms with Crippen molar-refractivity contribution in [1.29, 1.82) is 0 Å². The number of nitrogens with zero attached hydrogens (tertiary/aromatic N) is 1. The minimum absolute atomic E-state index is 0.712. The number of hydrogen-bond donors (Lipinski definition) is 1. The van der Waals surface area contributed by atoms with Gasteiger partial charge in [-0.3, -0.25) is 0 Å². The number of thiophene rings is 1. The van der Waals surface area contributed by atoms with E-state index < -0.39 is 0 Å². The van der Waals surface area contributed by atoms with E-state index in [9.17, 15) is 0 Å².